The van der Waals surface area contributed by atoms with E-state index in [1.807, 2.05) is 14.1 Å². The van der Waals surface area contributed by atoms with Crippen molar-refractivity contribution in [1.29, 1.82) is 0 Å². The molecule has 0 amide bonds. The Labute approximate surface area is 114 Å². The van der Waals surface area contributed by atoms with Crippen LogP contribution in [0.1, 0.15) is 11.1 Å². The van der Waals surface area contributed by atoms with Crippen molar-refractivity contribution in [1.82, 2.24) is 0 Å². The average molecular weight is 334 g/mol. The molecule has 1 rings (SSSR count). The van der Waals surface area contributed by atoms with E-state index in [1.54, 1.807) is 0 Å². The third-order valence-electron chi connectivity index (χ3n) is 2.15. The quantitative estimate of drug-likeness (QED) is 0.500. The lowest BCUT2D eigenvalue weighted by atomic mass is 10.1. The van der Waals surface area contributed by atoms with Gasteiger partial charge >= 0.3 is 0 Å². The lowest BCUT2D eigenvalue weighted by molar-refractivity contribution is 1.01. The van der Waals surface area contributed by atoms with Crippen molar-refractivity contribution in [2.24, 2.45) is 16.5 Å². The number of aliphatic imine (C=N–C) groups is 1. The molecule has 4 nitrogen and oxygen atoms in total. The van der Waals surface area contributed by atoms with E-state index < -0.39 is 0 Å². The van der Waals surface area contributed by atoms with Crippen LogP contribution in [0.3, 0.4) is 0 Å². The Kier molecular flexibility index (Phi) is 6.17. The minimum Gasteiger partial charge on any atom is -0.377 e. The second kappa shape index (κ2) is 6.57. The summed E-state index contributed by atoms with van der Waals surface area (Å²) in [6, 6.07) is 6.24. The summed E-state index contributed by atoms with van der Waals surface area (Å²) in [7, 11) is 4.02. The summed E-state index contributed by atoms with van der Waals surface area (Å²) >= 11 is 0. The molecule has 0 aliphatic carbocycles. The number of anilines is 1. The van der Waals surface area contributed by atoms with Crippen LogP contribution in [0.4, 0.5) is 5.69 Å². The van der Waals surface area contributed by atoms with Gasteiger partial charge in [-0.3, -0.25) is 0 Å². The van der Waals surface area contributed by atoms with E-state index in [-0.39, 0.29) is 29.9 Å². The maximum absolute atomic E-state index is 5.31. The van der Waals surface area contributed by atoms with Crippen molar-refractivity contribution in [2.45, 2.75) is 13.5 Å². The van der Waals surface area contributed by atoms with Crippen LogP contribution in [0.25, 0.3) is 0 Å². The molecule has 0 aromatic heterocycles. The second-order valence-corrected chi connectivity index (χ2v) is 3.77. The molecular formula is C11H19IN4. The third-order valence-corrected chi connectivity index (χ3v) is 2.15. The molecule has 0 atom stereocenters. The van der Waals surface area contributed by atoms with E-state index >= 15 is 0 Å². The van der Waals surface area contributed by atoms with E-state index in [0.717, 1.165) is 11.3 Å². The summed E-state index contributed by atoms with van der Waals surface area (Å²) < 4.78 is 0. The van der Waals surface area contributed by atoms with Gasteiger partial charge in [-0.05, 0) is 24.1 Å². The monoisotopic (exact) mass is 334 g/mol. The van der Waals surface area contributed by atoms with Crippen LogP contribution < -0.4 is 16.4 Å². The number of nitrogens with two attached hydrogens (primary N) is 2. The Morgan fingerprint density at radius 2 is 1.94 bits per heavy atom. The first kappa shape index (κ1) is 15.0. The molecule has 0 aliphatic heterocycles. The van der Waals surface area contributed by atoms with Crippen molar-refractivity contribution >= 4 is 35.6 Å². The summed E-state index contributed by atoms with van der Waals surface area (Å²) in [4.78, 5) is 6.07. The number of guanidine groups is 1. The van der Waals surface area contributed by atoms with Gasteiger partial charge in [0.05, 0.1) is 6.54 Å². The summed E-state index contributed by atoms with van der Waals surface area (Å²) in [5.41, 5.74) is 14.1. The fourth-order valence-electron chi connectivity index (χ4n) is 1.40. The van der Waals surface area contributed by atoms with Crippen LogP contribution in [-0.2, 0) is 6.54 Å². The number of rotatable bonds is 3. The maximum atomic E-state index is 5.31. The molecule has 0 heterocycles. The van der Waals surface area contributed by atoms with Gasteiger partial charge in [0.2, 0.25) is 0 Å². The topological polar surface area (TPSA) is 67.6 Å². The van der Waals surface area contributed by atoms with Crippen molar-refractivity contribution < 1.29 is 0 Å². The minimum atomic E-state index is 0. The van der Waals surface area contributed by atoms with Crippen molar-refractivity contribution in [2.75, 3.05) is 19.0 Å². The van der Waals surface area contributed by atoms with Crippen LogP contribution in [0.15, 0.2) is 23.2 Å². The third kappa shape index (κ3) is 4.26. The van der Waals surface area contributed by atoms with E-state index in [4.69, 9.17) is 11.5 Å². The van der Waals surface area contributed by atoms with Crippen LogP contribution in [0.2, 0.25) is 0 Å². The first-order valence-electron chi connectivity index (χ1n) is 4.83. The van der Waals surface area contributed by atoms with Crippen molar-refractivity contribution in [3.05, 3.63) is 29.3 Å². The highest BCUT2D eigenvalue weighted by Crippen LogP contribution is 2.20. The Morgan fingerprint density at radius 1 is 1.31 bits per heavy atom. The molecule has 1 aromatic carbocycles. The maximum Gasteiger partial charge on any atom is 0.186 e. The normalized spacial score (nSPS) is 9.19. The smallest absolute Gasteiger partial charge is 0.186 e. The van der Waals surface area contributed by atoms with Gasteiger partial charge < -0.3 is 16.4 Å². The Hall–Kier alpha value is -0.980. The number of benzene rings is 1. The van der Waals surface area contributed by atoms with Gasteiger partial charge in [0.1, 0.15) is 0 Å². The fraction of sp³-hybridized carbons (Fsp3) is 0.364. The van der Waals surface area contributed by atoms with Gasteiger partial charge in [-0.2, -0.15) is 0 Å². The highest BCUT2D eigenvalue weighted by Gasteiger charge is 2.03. The molecule has 5 heteroatoms. The van der Waals surface area contributed by atoms with Gasteiger partial charge in [0.15, 0.2) is 5.96 Å². The zero-order chi connectivity index (χ0) is 11.4. The number of halogens is 1. The second-order valence-electron chi connectivity index (χ2n) is 3.77. The largest absolute Gasteiger partial charge is 0.377 e. The van der Waals surface area contributed by atoms with E-state index in [1.165, 1.54) is 5.56 Å². The predicted octanol–water partition coefficient (Wildman–Crippen LogP) is 1.45. The van der Waals surface area contributed by atoms with Crippen molar-refractivity contribution in [3.63, 3.8) is 0 Å². The van der Waals surface area contributed by atoms with Gasteiger partial charge in [-0.1, -0.05) is 12.1 Å². The van der Waals surface area contributed by atoms with Gasteiger partial charge in [0.25, 0.3) is 0 Å². The molecule has 0 saturated heterocycles. The fourth-order valence-corrected chi connectivity index (χ4v) is 1.40. The minimum absolute atomic E-state index is 0. The van der Waals surface area contributed by atoms with Crippen LogP contribution in [0.5, 0.6) is 0 Å². The summed E-state index contributed by atoms with van der Waals surface area (Å²) in [6.45, 7) is 2.59. The van der Waals surface area contributed by atoms with Crippen LogP contribution in [0, 0.1) is 6.92 Å². The standard InChI is InChI=1S/C11H18N4.HI/c1-8-4-5-9(7-14-11(12)13)10(6-8)15(2)3;/h4-6H,7H2,1-3H3,(H4,12,13,14);1H. The zero-order valence-corrected chi connectivity index (χ0v) is 12.2. The average Bonchev–Trinajstić information content (AvgIpc) is 2.15. The summed E-state index contributed by atoms with van der Waals surface area (Å²) in [5, 5.41) is 0. The van der Waals surface area contributed by atoms with E-state index in [9.17, 15) is 0 Å². The molecule has 1 aromatic rings. The van der Waals surface area contributed by atoms with E-state index in [0.29, 0.717) is 6.54 Å². The SMILES string of the molecule is Cc1ccc(CN=C(N)N)c(N(C)C)c1.I. The Balaban J connectivity index is 0.00000225. The molecule has 90 valence electrons. The number of hydrogen-bond donors (Lipinski definition) is 2. The lowest BCUT2D eigenvalue weighted by Crippen LogP contribution is -2.22. The molecule has 0 bridgehead atoms. The first-order chi connectivity index (χ1) is 7.00. The van der Waals surface area contributed by atoms with Gasteiger partial charge in [-0.15, -0.1) is 24.0 Å². The molecular weight excluding hydrogens is 315 g/mol. The zero-order valence-electron chi connectivity index (χ0n) is 9.90. The summed E-state index contributed by atoms with van der Waals surface area (Å²) in [5.74, 6) is 0.125. The molecule has 16 heavy (non-hydrogen) atoms. The first-order valence-corrected chi connectivity index (χ1v) is 4.83. The molecule has 0 unspecified atom stereocenters. The summed E-state index contributed by atoms with van der Waals surface area (Å²) in [6.07, 6.45) is 0. The van der Waals surface area contributed by atoms with Crippen molar-refractivity contribution in [3.8, 4) is 0 Å². The number of hydrogen-bond acceptors (Lipinski definition) is 2. The molecule has 0 saturated carbocycles. The highest BCUT2D eigenvalue weighted by molar-refractivity contribution is 14.0. The number of aryl methyl sites for hydroxylation is 1. The molecule has 0 spiro atoms. The molecule has 0 aliphatic rings. The highest BCUT2D eigenvalue weighted by atomic mass is 127. The van der Waals surface area contributed by atoms with E-state index in [2.05, 4.69) is 35.0 Å². The number of nitrogens with zero attached hydrogens (tertiary/aromatic N) is 2. The Morgan fingerprint density at radius 3 is 2.44 bits per heavy atom. The van der Waals surface area contributed by atoms with Gasteiger partial charge in [-0.25, -0.2) is 4.99 Å². The van der Waals surface area contributed by atoms with Gasteiger partial charge in [0, 0.05) is 19.8 Å². The molecule has 4 N–H and O–H groups in total. The molecule has 0 fully saturated rings. The van der Waals surface area contributed by atoms with Crippen LogP contribution in [-0.4, -0.2) is 20.1 Å². The lowest BCUT2D eigenvalue weighted by Gasteiger charge is -2.17. The van der Waals surface area contributed by atoms with Crippen LogP contribution >= 0.6 is 24.0 Å². The predicted molar refractivity (Wildman–Crippen MR) is 80.4 cm³/mol. The molecule has 0 radical (unpaired) electrons. The Bertz CT molecular complexity index is 370.